The minimum absolute atomic E-state index is 0.0324. The van der Waals surface area contributed by atoms with Crippen molar-refractivity contribution in [1.29, 1.82) is 0 Å². The van der Waals surface area contributed by atoms with E-state index in [2.05, 4.69) is 11.8 Å². The second-order valence-electron chi connectivity index (χ2n) is 5.23. The summed E-state index contributed by atoms with van der Waals surface area (Å²) in [5, 5.41) is 9.60. The molecule has 4 heteroatoms. The van der Waals surface area contributed by atoms with Gasteiger partial charge in [-0.2, -0.15) is 0 Å². The van der Waals surface area contributed by atoms with Gasteiger partial charge < -0.3 is 14.6 Å². The van der Waals surface area contributed by atoms with Crippen LogP contribution in [0, 0.1) is 5.41 Å². The molecule has 2 rings (SSSR count). The maximum absolute atomic E-state index is 9.60. The Bertz CT molecular complexity index is 216. The summed E-state index contributed by atoms with van der Waals surface area (Å²) in [6, 6.07) is 0. The van der Waals surface area contributed by atoms with Gasteiger partial charge in [-0.1, -0.05) is 0 Å². The first kappa shape index (κ1) is 12.3. The first-order chi connectivity index (χ1) is 7.74. The van der Waals surface area contributed by atoms with Crippen LogP contribution in [-0.2, 0) is 9.47 Å². The van der Waals surface area contributed by atoms with Crippen LogP contribution >= 0.6 is 0 Å². The highest BCUT2D eigenvalue weighted by Crippen LogP contribution is 2.29. The lowest BCUT2D eigenvalue weighted by Crippen LogP contribution is -2.50. The third-order valence-corrected chi connectivity index (χ3v) is 3.62. The molecule has 16 heavy (non-hydrogen) atoms. The van der Waals surface area contributed by atoms with Gasteiger partial charge in [-0.25, -0.2) is 0 Å². The minimum Gasteiger partial charge on any atom is -0.396 e. The van der Waals surface area contributed by atoms with E-state index < -0.39 is 0 Å². The molecule has 2 heterocycles. The van der Waals surface area contributed by atoms with Gasteiger partial charge in [0, 0.05) is 31.7 Å². The molecule has 0 aromatic heterocycles. The summed E-state index contributed by atoms with van der Waals surface area (Å²) in [5.74, 6) is 0. The molecule has 2 saturated heterocycles. The number of morpholine rings is 1. The lowest BCUT2D eigenvalue weighted by Gasteiger charge is -2.41. The quantitative estimate of drug-likeness (QED) is 0.765. The van der Waals surface area contributed by atoms with Crippen molar-refractivity contribution in [2.45, 2.75) is 25.9 Å². The monoisotopic (exact) mass is 229 g/mol. The van der Waals surface area contributed by atoms with Crippen LogP contribution in [0.5, 0.6) is 0 Å². The summed E-state index contributed by atoms with van der Waals surface area (Å²) in [5.41, 5.74) is -0.0324. The van der Waals surface area contributed by atoms with Crippen molar-refractivity contribution in [2.75, 3.05) is 46.1 Å². The number of aliphatic hydroxyl groups is 1. The van der Waals surface area contributed by atoms with Crippen LogP contribution in [-0.4, -0.2) is 62.2 Å². The first-order valence-corrected chi connectivity index (χ1v) is 6.27. The lowest BCUT2D eigenvalue weighted by atomic mass is 9.82. The highest BCUT2D eigenvalue weighted by atomic mass is 16.5. The topological polar surface area (TPSA) is 41.9 Å². The molecular weight excluding hydrogens is 206 g/mol. The van der Waals surface area contributed by atoms with Gasteiger partial charge in [-0.05, 0) is 19.8 Å². The van der Waals surface area contributed by atoms with Gasteiger partial charge in [0.15, 0.2) is 0 Å². The molecule has 0 radical (unpaired) electrons. The number of hydrogen-bond donors (Lipinski definition) is 1. The molecule has 0 aromatic rings. The van der Waals surface area contributed by atoms with Crippen LogP contribution in [0.25, 0.3) is 0 Å². The van der Waals surface area contributed by atoms with Gasteiger partial charge in [0.2, 0.25) is 0 Å². The standard InChI is InChI=1S/C12H23NO3/c1-11-7-13(4-6-16-11)8-12(9-14)3-2-5-15-10-12/h11,14H,2-10H2,1H3. The van der Waals surface area contributed by atoms with Crippen LogP contribution < -0.4 is 0 Å². The van der Waals surface area contributed by atoms with Gasteiger partial charge in [-0.3, -0.25) is 4.90 Å². The van der Waals surface area contributed by atoms with E-state index in [-0.39, 0.29) is 12.0 Å². The van der Waals surface area contributed by atoms with Crippen molar-refractivity contribution in [2.24, 2.45) is 5.41 Å². The number of rotatable bonds is 3. The van der Waals surface area contributed by atoms with Crippen LogP contribution in [0.2, 0.25) is 0 Å². The van der Waals surface area contributed by atoms with Crippen LogP contribution in [0.3, 0.4) is 0 Å². The van der Waals surface area contributed by atoms with E-state index in [9.17, 15) is 5.11 Å². The highest BCUT2D eigenvalue weighted by molar-refractivity contribution is 4.86. The highest BCUT2D eigenvalue weighted by Gasteiger charge is 2.35. The molecule has 0 saturated carbocycles. The normalized spacial score (nSPS) is 37.5. The summed E-state index contributed by atoms with van der Waals surface area (Å²) in [6.07, 6.45) is 2.46. The van der Waals surface area contributed by atoms with Crippen LogP contribution in [0.4, 0.5) is 0 Å². The third kappa shape index (κ3) is 2.94. The zero-order valence-corrected chi connectivity index (χ0v) is 10.2. The van der Waals surface area contributed by atoms with Crippen molar-refractivity contribution in [3.8, 4) is 0 Å². The average molecular weight is 229 g/mol. The maximum Gasteiger partial charge on any atom is 0.0674 e. The SMILES string of the molecule is CC1CN(CC2(CO)CCCOC2)CCO1. The van der Waals surface area contributed by atoms with Gasteiger partial charge in [0.05, 0.1) is 25.9 Å². The lowest BCUT2D eigenvalue weighted by molar-refractivity contribution is -0.0814. The van der Waals surface area contributed by atoms with Crippen molar-refractivity contribution in [1.82, 2.24) is 4.90 Å². The van der Waals surface area contributed by atoms with Gasteiger partial charge >= 0.3 is 0 Å². The summed E-state index contributed by atoms with van der Waals surface area (Å²) in [4.78, 5) is 2.40. The van der Waals surface area contributed by atoms with Gasteiger partial charge in [-0.15, -0.1) is 0 Å². The fraction of sp³-hybridized carbons (Fsp3) is 1.00. The molecule has 0 aliphatic carbocycles. The first-order valence-electron chi connectivity index (χ1n) is 6.27. The predicted molar refractivity (Wildman–Crippen MR) is 61.4 cm³/mol. The number of nitrogens with zero attached hydrogens (tertiary/aromatic N) is 1. The molecule has 0 bridgehead atoms. The second-order valence-corrected chi connectivity index (χ2v) is 5.23. The zero-order valence-electron chi connectivity index (χ0n) is 10.2. The summed E-state index contributed by atoms with van der Waals surface area (Å²) in [6.45, 7) is 7.60. The molecule has 0 aromatic carbocycles. The molecule has 0 amide bonds. The number of aliphatic hydroxyl groups excluding tert-OH is 1. The largest absolute Gasteiger partial charge is 0.396 e. The summed E-state index contributed by atoms with van der Waals surface area (Å²) >= 11 is 0. The molecule has 2 aliphatic rings. The number of hydrogen-bond acceptors (Lipinski definition) is 4. The smallest absolute Gasteiger partial charge is 0.0674 e. The van der Waals surface area contributed by atoms with E-state index in [1.54, 1.807) is 0 Å². The molecule has 0 spiro atoms. The molecule has 2 aliphatic heterocycles. The van der Waals surface area contributed by atoms with Gasteiger partial charge in [0.25, 0.3) is 0 Å². The Morgan fingerprint density at radius 3 is 2.94 bits per heavy atom. The summed E-state index contributed by atoms with van der Waals surface area (Å²) < 4.78 is 11.1. The third-order valence-electron chi connectivity index (χ3n) is 3.62. The Morgan fingerprint density at radius 2 is 2.31 bits per heavy atom. The van der Waals surface area contributed by atoms with E-state index in [4.69, 9.17) is 9.47 Å². The average Bonchev–Trinajstić information content (AvgIpc) is 2.30. The molecule has 4 nitrogen and oxygen atoms in total. The van der Waals surface area contributed by atoms with Crippen molar-refractivity contribution < 1.29 is 14.6 Å². The molecule has 2 fully saturated rings. The molecule has 94 valence electrons. The number of ether oxygens (including phenoxy) is 2. The molecular formula is C12H23NO3. The van der Waals surface area contributed by atoms with E-state index in [1.165, 1.54) is 0 Å². The van der Waals surface area contributed by atoms with Gasteiger partial charge in [0.1, 0.15) is 0 Å². The van der Waals surface area contributed by atoms with E-state index >= 15 is 0 Å². The Hall–Kier alpha value is -0.160. The zero-order chi connectivity index (χ0) is 11.4. The fourth-order valence-electron chi connectivity index (χ4n) is 2.72. The second kappa shape index (κ2) is 5.45. The van der Waals surface area contributed by atoms with Crippen molar-refractivity contribution in [3.05, 3.63) is 0 Å². The fourth-order valence-corrected chi connectivity index (χ4v) is 2.72. The van der Waals surface area contributed by atoms with Crippen molar-refractivity contribution >= 4 is 0 Å². The summed E-state index contributed by atoms with van der Waals surface area (Å²) in [7, 11) is 0. The van der Waals surface area contributed by atoms with E-state index in [1.807, 2.05) is 0 Å². The minimum atomic E-state index is -0.0324. The van der Waals surface area contributed by atoms with Crippen LogP contribution in [0.15, 0.2) is 0 Å². The van der Waals surface area contributed by atoms with Crippen molar-refractivity contribution in [3.63, 3.8) is 0 Å². The molecule has 1 N–H and O–H groups in total. The Labute approximate surface area is 97.5 Å². The Kier molecular flexibility index (Phi) is 4.19. The van der Waals surface area contributed by atoms with E-state index in [0.29, 0.717) is 12.7 Å². The molecule has 2 unspecified atom stereocenters. The van der Waals surface area contributed by atoms with E-state index in [0.717, 1.165) is 45.7 Å². The molecule has 2 atom stereocenters. The predicted octanol–water partition coefficient (Wildman–Crippen LogP) is 0.496. The Balaban J connectivity index is 1.89. The van der Waals surface area contributed by atoms with Crippen LogP contribution in [0.1, 0.15) is 19.8 Å². The Morgan fingerprint density at radius 1 is 1.44 bits per heavy atom. The maximum atomic E-state index is 9.60.